The maximum Gasteiger partial charge on any atom is 0.302 e. The molecule has 6 heteroatoms. The van der Waals surface area contributed by atoms with Crippen LogP contribution in [0.3, 0.4) is 0 Å². The molecule has 4 fully saturated rings. The highest BCUT2D eigenvalue weighted by Crippen LogP contribution is 2.71. The van der Waals surface area contributed by atoms with Crippen molar-refractivity contribution in [3.05, 3.63) is 24.2 Å². The van der Waals surface area contributed by atoms with Gasteiger partial charge in [0.05, 0.1) is 18.1 Å². The van der Waals surface area contributed by atoms with Gasteiger partial charge in [-0.15, -0.1) is 0 Å². The van der Waals surface area contributed by atoms with Gasteiger partial charge in [0.2, 0.25) is 0 Å². The molecule has 0 aliphatic heterocycles. The smallest absolute Gasteiger partial charge is 0.302 e. The number of carbonyl (C=O) groups excluding carboxylic acids is 1. The fraction of sp³-hybridized carbons (Fsp3) is 0.839. The molecule has 9 atom stereocenters. The van der Waals surface area contributed by atoms with Crippen LogP contribution in [0.2, 0.25) is 18.1 Å². The molecule has 0 bridgehead atoms. The van der Waals surface area contributed by atoms with Gasteiger partial charge in [0.1, 0.15) is 6.10 Å². The van der Waals surface area contributed by atoms with Crippen molar-refractivity contribution in [1.82, 2.24) is 0 Å². The van der Waals surface area contributed by atoms with Crippen LogP contribution in [0.25, 0.3) is 0 Å². The molecule has 4 aliphatic carbocycles. The first-order valence-electron chi connectivity index (χ1n) is 14.7. The Hall–Kier alpha value is -1.11. The number of hydrogen-bond donors (Lipinski definition) is 1. The highest BCUT2D eigenvalue weighted by molar-refractivity contribution is 6.74. The molecule has 1 aromatic heterocycles. The van der Waals surface area contributed by atoms with Gasteiger partial charge >= 0.3 is 5.97 Å². The largest absolute Gasteiger partial charge is 0.472 e. The van der Waals surface area contributed by atoms with Crippen LogP contribution < -0.4 is 0 Å². The molecule has 5 nitrogen and oxygen atoms in total. The van der Waals surface area contributed by atoms with Crippen LogP contribution in [0.15, 0.2) is 23.0 Å². The van der Waals surface area contributed by atoms with Gasteiger partial charge in [0, 0.05) is 30.8 Å². The highest BCUT2D eigenvalue weighted by Gasteiger charge is 2.70. The quantitative estimate of drug-likeness (QED) is 0.323. The molecular formula is C31H50O5Si. The van der Waals surface area contributed by atoms with E-state index in [-0.39, 0.29) is 39.8 Å². The summed E-state index contributed by atoms with van der Waals surface area (Å²) in [4.78, 5) is 12.1. The van der Waals surface area contributed by atoms with Crippen LogP contribution in [0.5, 0.6) is 0 Å². The van der Waals surface area contributed by atoms with E-state index in [2.05, 4.69) is 47.7 Å². The van der Waals surface area contributed by atoms with E-state index in [9.17, 15) is 9.90 Å². The lowest BCUT2D eigenvalue weighted by Gasteiger charge is -2.63. The van der Waals surface area contributed by atoms with Crippen LogP contribution in [-0.4, -0.2) is 37.2 Å². The molecule has 0 spiro atoms. The summed E-state index contributed by atoms with van der Waals surface area (Å²) >= 11 is 0. The molecule has 5 rings (SSSR count). The number of hydrogen-bond acceptors (Lipinski definition) is 5. The molecule has 1 aromatic rings. The fourth-order valence-corrected chi connectivity index (χ4v) is 10.7. The lowest BCUT2D eigenvalue weighted by atomic mass is 9.43. The van der Waals surface area contributed by atoms with Crippen molar-refractivity contribution >= 4 is 14.3 Å². The topological polar surface area (TPSA) is 68.9 Å². The minimum Gasteiger partial charge on any atom is -0.472 e. The Morgan fingerprint density at radius 2 is 1.84 bits per heavy atom. The molecule has 0 unspecified atom stereocenters. The van der Waals surface area contributed by atoms with E-state index >= 15 is 0 Å². The molecule has 208 valence electrons. The van der Waals surface area contributed by atoms with Gasteiger partial charge in [-0.05, 0) is 97.9 Å². The summed E-state index contributed by atoms with van der Waals surface area (Å²) < 4.78 is 18.3. The summed E-state index contributed by atoms with van der Waals surface area (Å²) in [5, 5.41) is 12.9. The molecule has 4 aliphatic rings. The Bertz CT molecular complexity index is 998. The second-order valence-electron chi connectivity index (χ2n) is 15.0. The SMILES string of the molecule is CC(=O)O[C@H]1C[C@]2(O)[C@@H]3CC[C@@H]4C[C@@H](O[Si](C)(C)C(C)(C)C)CC[C@]4(C)[C@H]3CC[C@]2(C)[C@H]1c1ccoc1. The van der Waals surface area contributed by atoms with E-state index in [0.29, 0.717) is 24.4 Å². The van der Waals surface area contributed by atoms with E-state index in [1.165, 1.54) is 13.3 Å². The fourth-order valence-electron chi connectivity index (χ4n) is 9.26. The van der Waals surface area contributed by atoms with E-state index in [4.69, 9.17) is 13.6 Å². The third-order valence-corrected chi connectivity index (χ3v) is 16.8. The molecule has 1 N–H and O–H groups in total. The monoisotopic (exact) mass is 530 g/mol. The maximum absolute atomic E-state index is 12.7. The average Bonchev–Trinajstić information content (AvgIpc) is 3.36. The first-order valence-corrected chi connectivity index (χ1v) is 17.6. The lowest BCUT2D eigenvalue weighted by molar-refractivity contribution is -0.205. The van der Waals surface area contributed by atoms with Gasteiger partial charge < -0.3 is 18.7 Å². The number of ether oxygens (including phenoxy) is 1. The summed E-state index contributed by atoms with van der Waals surface area (Å²) in [5.74, 6) is 1.08. The number of rotatable bonds is 4. The molecular weight excluding hydrogens is 480 g/mol. The first kappa shape index (κ1) is 27.5. The van der Waals surface area contributed by atoms with Crippen molar-refractivity contribution in [2.75, 3.05) is 0 Å². The van der Waals surface area contributed by atoms with Crippen LogP contribution in [-0.2, 0) is 14.0 Å². The van der Waals surface area contributed by atoms with Gasteiger partial charge in [-0.25, -0.2) is 0 Å². The van der Waals surface area contributed by atoms with E-state index in [1.54, 1.807) is 12.5 Å². The predicted molar refractivity (Wildman–Crippen MR) is 148 cm³/mol. The highest BCUT2D eigenvalue weighted by atomic mass is 28.4. The lowest BCUT2D eigenvalue weighted by Crippen LogP contribution is -2.62. The van der Waals surface area contributed by atoms with Crippen molar-refractivity contribution in [1.29, 1.82) is 0 Å². The van der Waals surface area contributed by atoms with Crippen LogP contribution in [0, 0.1) is 28.6 Å². The normalized spacial score (nSPS) is 44.0. The Kier molecular flexibility index (Phi) is 6.64. The van der Waals surface area contributed by atoms with Crippen molar-refractivity contribution in [2.24, 2.45) is 28.6 Å². The van der Waals surface area contributed by atoms with Crippen LogP contribution in [0.4, 0.5) is 0 Å². The summed E-state index contributed by atoms with van der Waals surface area (Å²) in [6.07, 6.45) is 11.8. The number of esters is 1. The summed E-state index contributed by atoms with van der Waals surface area (Å²) in [5.41, 5.74) is 0.0915. The Balaban J connectivity index is 1.40. The standard InChI is InChI=1S/C31H50O5Si/c1-20(32)35-26-18-31(33)25-10-9-22-17-23(36-37(7,8)28(2,3)4)11-14-29(22,5)24(25)12-15-30(31,6)27(26)21-13-16-34-19-21/h13,16,19,22-27,33H,9-12,14-15,17-18H2,1-8H3/t22-,23+,24+,25-,26+,27+,29+,30-,31+/m1/s1. The first-order chi connectivity index (χ1) is 17.1. The third-order valence-electron chi connectivity index (χ3n) is 12.3. The third kappa shape index (κ3) is 4.19. The predicted octanol–water partition coefficient (Wildman–Crippen LogP) is 7.45. The molecule has 0 radical (unpaired) electrons. The minimum absolute atomic E-state index is 0.0413. The van der Waals surface area contributed by atoms with Crippen molar-refractivity contribution in [3.63, 3.8) is 0 Å². The second-order valence-corrected chi connectivity index (χ2v) is 19.8. The molecule has 37 heavy (non-hydrogen) atoms. The zero-order valence-corrected chi connectivity index (χ0v) is 25.4. The molecule has 0 saturated heterocycles. The van der Waals surface area contributed by atoms with Crippen molar-refractivity contribution in [3.8, 4) is 0 Å². The van der Waals surface area contributed by atoms with E-state index in [0.717, 1.165) is 44.1 Å². The summed E-state index contributed by atoms with van der Waals surface area (Å²) in [6.45, 7) is 18.0. The van der Waals surface area contributed by atoms with Gasteiger partial charge in [-0.2, -0.15) is 0 Å². The van der Waals surface area contributed by atoms with Gasteiger partial charge in [0.15, 0.2) is 8.32 Å². The zero-order valence-electron chi connectivity index (χ0n) is 24.4. The number of furan rings is 1. The van der Waals surface area contributed by atoms with Crippen molar-refractivity contribution in [2.45, 2.75) is 135 Å². The Morgan fingerprint density at radius 1 is 1.11 bits per heavy atom. The molecule has 0 amide bonds. The van der Waals surface area contributed by atoms with Gasteiger partial charge in [0.25, 0.3) is 0 Å². The minimum atomic E-state index is -1.79. The summed E-state index contributed by atoms with van der Waals surface area (Å²) in [7, 11) is -1.79. The van der Waals surface area contributed by atoms with Crippen LogP contribution in [0.1, 0.15) is 104 Å². The Morgan fingerprint density at radius 3 is 2.46 bits per heavy atom. The van der Waals surface area contributed by atoms with E-state index in [1.807, 2.05) is 6.07 Å². The average molecular weight is 531 g/mol. The number of aliphatic hydroxyl groups is 1. The van der Waals surface area contributed by atoms with Gasteiger partial charge in [-0.1, -0.05) is 34.6 Å². The number of fused-ring (bicyclic) bond motifs is 5. The van der Waals surface area contributed by atoms with E-state index < -0.39 is 13.9 Å². The number of carbonyl (C=O) groups is 1. The Labute approximate surface area is 225 Å². The van der Waals surface area contributed by atoms with Crippen molar-refractivity contribution < 1.29 is 23.5 Å². The molecule has 4 saturated carbocycles. The van der Waals surface area contributed by atoms with Gasteiger partial charge in [-0.3, -0.25) is 4.79 Å². The molecule has 0 aromatic carbocycles. The summed E-state index contributed by atoms with van der Waals surface area (Å²) in [6, 6.07) is 1.99. The maximum atomic E-state index is 12.7. The zero-order chi connectivity index (χ0) is 27.0. The second kappa shape index (κ2) is 8.95. The molecule has 1 heterocycles. The van der Waals surface area contributed by atoms with Crippen LogP contribution >= 0.6 is 0 Å².